The molecule has 0 saturated carbocycles. The third-order valence-corrected chi connectivity index (χ3v) is 2.67. The third kappa shape index (κ3) is 13.2. The van der Waals surface area contributed by atoms with Crippen LogP contribution in [0.15, 0.2) is 0 Å². The van der Waals surface area contributed by atoms with Crippen LogP contribution in [0.1, 0.15) is 59.8 Å². The molecule has 0 aliphatic carbocycles. The van der Waals surface area contributed by atoms with Gasteiger partial charge < -0.3 is 9.47 Å². The van der Waals surface area contributed by atoms with Gasteiger partial charge in [-0.1, -0.05) is 27.7 Å². The molecule has 0 atom stereocenters. The molecule has 0 aromatic carbocycles. The van der Waals surface area contributed by atoms with Gasteiger partial charge in [-0.05, 0) is 37.5 Å². The van der Waals surface area contributed by atoms with Crippen molar-refractivity contribution >= 4 is 11.9 Å². The molecule has 0 aliphatic rings. The fourth-order valence-corrected chi connectivity index (χ4v) is 1.58. The Morgan fingerprint density at radius 2 is 1.16 bits per heavy atom. The number of carbonyl (C=O) groups excluding carboxylic acids is 2. The molecule has 0 aromatic heterocycles. The molecule has 19 heavy (non-hydrogen) atoms. The highest BCUT2D eigenvalue weighted by molar-refractivity contribution is 5.91. The molecule has 0 amide bonds. The average Bonchev–Trinajstić information content (AvgIpc) is 2.30. The summed E-state index contributed by atoms with van der Waals surface area (Å²) in [6.45, 7) is 9.26. The van der Waals surface area contributed by atoms with E-state index in [0.717, 1.165) is 25.7 Å². The summed E-state index contributed by atoms with van der Waals surface area (Å²) in [6, 6.07) is 0. The Labute approximate surface area is 116 Å². The van der Waals surface area contributed by atoms with E-state index in [1.165, 1.54) is 0 Å². The Morgan fingerprint density at radius 3 is 1.47 bits per heavy atom. The monoisotopic (exact) mass is 272 g/mol. The molecular weight excluding hydrogens is 244 g/mol. The lowest BCUT2D eigenvalue weighted by atomic mass is 10.1. The maximum Gasteiger partial charge on any atom is 0.317 e. The van der Waals surface area contributed by atoms with Crippen LogP contribution < -0.4 is 0 Å². The van der Waals surface area contributed by atoms with Gasteiger partial charge in [-0.25, -0.2) is 0 Å². The predicted molar refractivity (Wildman–Crippen MR) is 74.7 cm³/mol. The summed E-state index contributed by atoms with van der Waals surface area (Å²) >= 11 is 0. The number of hydrogen-bond donors (Lipinski definition) is 0. The van der Waals surface area contributed by atoms with E-state index >= 15 is 0 Å². The van der Waals surface area contributed by atoms with Gasteiger partial charge in [-0.15, -0.1) is 0 Å². The second kappa shape index (κ2) is 10.8. The molecule has 0 N–H and O–H groups in total. The van der Waals surface area contributed by atoms with Gasteiger partial charge in [0.05, 0.1) is 13.2 Å². The highest BCUT2D eigenvalue weighted by Gasteiger charge is 2.11. The molecule has 0 saturated heterocycles. The molecule has 112 valence electrons. The first kappa shape index (κ1) is 17.9. The first-order valence-electron chi connectivity index (χ1n) is 7.23. The van der Waals surface area contributed by atoms with Gasteiger partial charge in [-0.3, -0.25) is 9.59 Å². The van der Waals surface area contributed by atoms with E-state index in [0.29, 0.717) is 25.0 Å². The van der Waals surface area contributed by atoms with Crippen LogP contribution >= 0.6 is 0 Å². The first-order chi connectivity index (χ1) is 8.91. The van der Waals surface area contributed by atoms with E-state index in [-0.39, 0.29) is 6.42 Å². The number of ether oxygens (including phenoxy) is 2. The molecule has 4 heteroatoms. The quantitative estimate of drug-likeness (QED) is 0.348. The molecule has 0 rings (SSSR count). The minimum Gasteiger partial charge on any atom is -0.465 e. The van der Waals surface area contributed by atoms with E-state index in [1.807, 2.05) is 0 Å². The minimum atomic E-state index is -0.488. The fourth-order valence-electron chi connectivity index (χ4n) is 1.58. The van der Waals surface area contributed by atoms with Gasteiger partial charge in [0.25, 0.3) is 0 Å². The van der Waals surface area contributed by atoms with Crippen LogP contribution in [0.25, 0.3) is 0 Å². The smallest absolute Gasteiger partial charge is 0.317 e. The maximum absolute atomic E-state index is 11.3. The zero-order chi connectivity index (χ0) is 14.7. The number of carbonyl (C=O) groups is 2. The van der Waals surface area contributed by atoms with Crippen molar-refractivity contribution in [1.82, 2.24) is 0 Å². The van der Waals surface area contributed by atoms with E-state index in [2.05, 4.69) is 27.7 Å². The highest BCUT2D eigenvalue weighted by Crippen LogP contribution is 2.05. The molecule has 0 radical (unpaired) electrons. The van der Waals surface area contributed by atoms with Gasteiger partial charge in [0.15, 0.2) is 0 Å². The standard InChI is InChI=1S/C15H28O4/c1-12(2)7-5-9-18-14(16)11-15(17)19-10-6-8-13(3)4/h12-13H,5-11H2,1-4H3. The van der Waals surface area contributed by atoms with Gasteiger partial charge in [0.1, 0.15) is 6.42 Å². The fraction of sp³-hybridized carbons (Fsp3) is 0.867. The summed E-state index contributed by atoms with van der Waals surface area (Å²) in [7, 11) is 0. The summed E-state index contributed by atoms with van der Waals surface area (Å²) < 4.78 is 9.94. The molecule has 0 heterocycles. The molecule has 0 spiro atoms. The van der Waals surface area contributed by atoms with Gasteiger partial charge in [0, 0.05) is 0 Å². The lowest BCUT2D eigenvalue weighted by Gasteiger charge is -2.07. The summed E-state index contributed by atoms with van der Waals surface area (Å²) in [6.07, 6.45) is 3.45. The van der Waals surface area contributed by atoms with Crippen LogP contribution in [0.3, 0.4) is 0 Å². The van der Waals surface area contributed by atoms with Crippen LogP contribution in [0.5, 0.6) is 0 Å². The SMILES string of the molecule is CC(C)CCCOC(=O)CC(=O)OCCCC(C)C. The summed E-state index contributed by atoms with van der Waals surface area (Å²) in [5, 5.41) is 0. The van der Waals surface area contributed by atoms with Crippen LogP contribution in [-0.4, -0.2) is 25.2 Å². The van der Waals surface area contributed by atoms with Crippen molar-refractivity contribution in [2.24, 2.45) is 11.8 Å². The largest absolute Gasteiger partial charge is 0.465 e. The molecule has 0 fully saturated rings. The molecule has 0 aliphatic heterocycles. The first-order valence-corrected chi connectivity index (χ1v) is 7.23. The third-order valence-electron chi connectivity index (χ3n) is 2.67. The van der Waals surface area contributed by atoms with Crippen LogP contribution in [0.4, 0.5) is 0 Å². The van der Waals surface area contributed by atoms with Crippen molar-refractivity contribution in [2.45, 2.75) is 59.8 Å². The lowest BCUT2D eigenvalue weighted by molar-refractivity contribution is -0.154. The molecule has 0 aromatic rings. The van der Waals surface area contributed by atoms with Crippen LogP contribution in [0, 0.1) is 11.8 Å². The zero-order valence-electron chi connectivity index (χ0n) is 12.7. The van der Waals surface area contributed by atoms with Crippen molar-refractivity contribution < 1.29 is 19.1 Å². The van der Waals surface area contributed by atoms with Crippen molar-refractivity contribution in [3.05, 3.63) is 0 Å². The van der Waals surface area contributed by atoms with Gasteiger partial charge >= 0.3 is 11.9 Å². The van der Waals surface area contributed by atoms with Gasteiger partial charge in [0.2, 0.25) is 0 Å². The maximum atomic E-state index is 11.3. The average molecular weight is 272 g/mol. The predicted octanol–water partition coefficient (Wildman–Crippen LogP) is 3.34. The van der Waals surface area contributed by atoms with Gasteiger partial charge in [-0.2, -0.15) is 0 Å². The van der Waals surface area contributed by atoms with Crippen LogP contribution in [0.2, 0.25) is 0 Å². The summed E-state index contributed by atoms with van der Waals surface area (Å²) in [5.41, 5.74) is 0. The topological polar surface area (TPSA) is 52.6 Å². The Morgan fingerprint density at radius 1 is 0.789 bits per heavy atom. The molecule has 4 nitrogen and oxygen atoms in total. The molecule has 0 unspecified atom stereocenters. The summed E-state index contributed by atoms with van der Waals surface area (Å²) in [4.78, 5) is 22.6. The Balaban J connectivity index is 3.50. The van der Waals surface area contributed by atoms with E-state index in [1.54, 1.807) is 0 Å². The van der Waals surface area contributed by atoms with Crippen LogP contribution in [-0.2, 0) is 19.1 Å². The number of esters is 2. The molecular formula is C15H28O4. The second-order valence-electron chi connectivity index (χ2n) is 5.69. The molecule has 0 bridgehead atoms. The van der Waals surface area contributed by atoms with Crippen molar-refractivity contribution in [3.8, 4) is 0 Å². The van der Waals surface area contributed by atoms with Crippen molar-refractivity contribution in [3.63, 3.8) is 0 Å². The Bertz CT molecular complexity index is 233. The number of rotatable bonds is 10. The Kier molecular flexibility index (Phi) is 10.2. The van der Waals surface area contributed by atoms with E-state index in [9.17, 15) is 9.59 Å². The highest BCUT2D eigenvalue weighted by atomic mass is 16.6. The summed E-state index contributed by atoms with van der Waals surface area (Å²) in [5.74, 6) is 0.226. The Hall–Kier alpha value is -1.06. The minimum absolute atomic E-state index is 0.274. The normalized spacial score (nSPS) is 10.8. The van der Waals surface area contributed by atoms with Crippen molar-refractivity contribution in [2.75, 3.05) is 13.2 Å². The van der Waals surface area contributed by atoms with E-state index in [4.69, 9.17) is 9.47 Å². The number of hydrogen-bond acceptors (Lipinski definition) is 4. The van der Waals surface area contributed by atoms with E-state index < -0.39 is 11.9 Å². The lowest BCUT2D eigenvalue weighted by Crippen LogP contribution is -2.15. The second-order valence-corrected chi connectivity index (χ2v) is 5.69. The van der Waals surface area contributed by atoms with Crippen molar-refractivity contribution in [1.29, 1.82) is 0 Å². The zero-order valence-corrected chi connectivity index (χ0v) is 12.7.